The molecule has 0 bridgehead atoms. The molecule has 7 heteroatoms. The number of fused-ring (bicyclic) bond motifs is 1. The fourth-order valence-corrected chi connectivity index (χ4v) is 2.00. The summed E-state index contributed by atoms with van der Waals surface area (Å²) in [5.41, 5.74) is 0.593. The third-order valence-corrected chi connectivity index (χ3v) is 2.95. The van der Waals surface area contributed by atoms with Crippen molar-refractivity contribution in [3.8, 4) is 11.5 Å². The first-order valence-corrected chi connectivity index (χ1v) is 5.98. The molecular weight excluding hydrogens is 257 g/mol. The number of benzene rings is 1. The zero-order valence-corrected chi connectivity index (χ0v) is 10.6. The standard InChI is InChI=1S/C12H13BF2O4/c1-11(2)6-16-13(17-7-11)8-3-4-9-10(5-8)19-12(14,15)18-9/h3-5H,6-7H2,1-2H3. The highest BCUT2D eigenvalue weighted by Crippen LogP contribution is 2.40. The van der Waals surface area contributed by atoms with Crippen molar-refractivity contribution in [3.05, 3.63) is 18.2 Å². The van der Waals surface area contributed by atoms with Crippen molar-refractivity contribution in [1.82, 2.24) is 0 Å². The van der Waals surface area contributed by atoms with Gasteiger partial charge < -0.3 is 18.8 Å². The number of halogens is 2. The monoisotopic (exact) mass is 270 g/mol. The molecule has 3 rings (SSSR count). The quantitative estimate of drug-likeness (QED) is 0.729. The normalized spacial score (nSPS) is 23.5. The van der Waals surface area contributed by atoms with Gasteiger partial charge in [-0.2, -0.15) is 0 Å². The Hall–Kier alpha value is -1.34. The first-order valence-electron chi connectivity index (χ1n) is 5.98. The average Bonchev–Trinajstić information content (AvgIpc) is 2.61. The first-order chi connectivity index (χ1) is 8.85. The molecule has 1 aromatic carbocycles. The summed E-state index contributed by atoms with van der Waals surface area (Å²) in [7, 11) is -0.559. The molecule has 0 aliphatic carbocycles. The van der Waals surface area contributed by atoms with Crippen LogP contribution in [0.15, 0.2) is 18.2 Å². The molecule has 0 radical (unpaired) electrons. The van der Waals surface area contributed by atoms with Gasteiger partial charge >= 0.3 is 13.4 Å². The molecule has 2 aliphatic heterocycles. The second kappa shape index (κ2) is 4.08. The molecule has 2 heterocycles. The molecule has 0 saturated carbocycles. The van der Waals surface area contributed by atoms with Crippen molar-refractivity contribution in [2.24, 2.45) is 5.41 Å². The molecule has 102 valence electrons. The summed E-state index contributed by atoms with van der Waals surface area (Å²) in [6.45, 7) is 5.15. The van der Waals surface area contributed by atoms with E-state index in [1.165, 1.54) is 12.1 Å². The van der Waals surface area contributed by atoms with E-state index in [-0.39, 0.29) is 16.9 Å². The zero-order chi connectivity index (χ0) is 13.7. The summed E-state index contributed by atoms with van der Waals surface area (Å²) >= 11 is 0. The first kappa shape index (κ1) is 12.7. The van der Waals surface area contributed by atoms with Crippen LogP contribution in [-0.2, 0) is 9.31 Å². The minimum absolute atomic E-state index is 0.000432. The molecule has 0 aromatic heterocycles. The van der Waals surface area contributed by atoms with Gasteiger partial charge in [0.25, 0.3) is 0 Å². The van der Waals surface area contributed by atoms with E-state index in [4.69, 9.17) is 9.31 Å². The van der Waals surface area contributed by atoms with E-state index in [1.807, 2.05) is 13.8 Å². The molecule has 1 aromatic rings. The lowest BCUT2D eigenvalue weighted by Gasteiger charge is -2.33. The molecule has 0 unspecified atom stereocenters. The molecule has 0 spiro atoms. The second-order valence-corrected chi connectivity index (χ2v) is 5.49. The Kier molecular flexibility index (Phi) is 2.72. The Labute approximate surface area is 109 Å². The van der Waals surface area contributed by atoms with Crippen LogP contribution in [0.25, 0.3) is 0 Å². The van der Waals surface area contributed by atoms with E-state index in [0.29, 0.717) is 18.7 Å². The van der Waals surface area contributed by atoms with Crippen LogP contribution < -0.4 is 14.9 Å². The number of ether oxygens (including phenoxy) is 2. The Morgan fingerprint density at radius 2 is 1.68 bits per heavy atom. The van der Waals surface area contributed by atoms with Crippen molar-refractivity contribution in [1.29, 1.82) is 0 Å². The third-order valence-electron chi connectivity index (χ3n) is 2.95. The molecule has 0 amide bonds. The summed E-state index contributed by atoms with van der Waals surface area (Å²) in [5, 5.41) is 0. The van der Waals surface area contributed by atoms with E-state index in [0.717, 1.165) is 0 Å². The van der Waals surface area contributed by atoms with Crippen LogP contribution in [0.5, 0.6) is 11.5 Å². The molecule has 4 nitrogen and oxygen atoms in total. The van der Waals surface area contributed by atoms with Gasteiger partial charge in [0.2, 0.25) is 0 Å². The summed E-state index contributed by atoms with van der Waals surface area (Å²) in [6.07, 6.45) is -3.60. The Bertz CT molecular complexity index is 497. The Balaban J connectivity index is 1.78. The van der Waals surface area contributed by atoms with Gasteiger partial charge in [0.15, 0.2) is 11.5 Å². The molecule has 19 heavy (non-hydrogen) atoms. The lowest BCUT2D eigenvalue weighted by Crippen LogP contribution is -2.47. The highest BCUT2D eigenvalue weighted by molar-refractivity contribution is 6.61. The number of hydrogen-bond acceptors (Lipinski definition) is 4. The van der Waals surface area contributed by atoms with Crippen molar-refractivity contribution in [2.75, 3.05) is 13.2 Å². The summed E-state index contributed by atoms with van der Waals surface area (Å²) in [4.78, 5) is 0. The van der Waals surface area contributed by atoms with Crippen molar-refractivity contribution in [3.63, 3.8) is 0 Å². The largest absolute Gasteiger partial charge is 0.586 e. The molecule has 1 fully saturated rings. The zero-order valence-electron chi connectivity index (χ0n) is 10.6. The summed E-state index contributed by atoms with van der Waals surface area (Å²) < 4.78 is 45.7. The molecular formula is C12H13BF2O4. The van der Waals surface area contributed by atoms with Crippen molar-refractivity contribution in [2.45, 2.75) is 20.1 Å². The summed E-state index contributed by atoms with van der Waals surface area (Å²) in [5.74, 6) is 0.0180. The van der Waals surface area contributed by atoms with E-state index in [2.05, 4.69) is 9.47 Å². The Morgan fingerprint density at radius 3 is 2.37 bits per heavy atom. The predicted octanol–water partition coefficient (Wildman–Crippen LogP) is 1.78. The van der Waals surface area contributed by atoms with Gasteiger partial charge in [-0.25, -0.2) is 0 Å². The minimum Gasteiger partial charge on any atom is -0.407 e. The maximum absolute atomic E-state index is 12.9. The smallest absolute Gasteiger partial charge is 0.407 e. The topological polar surface area (TPSA) is 36.9 Å². The van der Waals surface area contributed by atoms with Gasteiger partial charge in [0.05, 0.1) is 0 Å². The van der Waals surface area contributed by atoms with Gasteiger partial charge in [-0.1, -0.05) is 19.9 Å². The second-order valence-electron chi connectivity index (χ2n) is 5.49. The summed E-state index contributed by atoms with van der Waals surface area (Å²) in [6, 6.07) is 4.52. The Morgan fingerprint density at radius 1 is 1.05 bits per heavy atom. The minimum atomic E-state index is -3.60. The molecule has 1 saturated heterocycles. The van der Waals surface area contributed by atoms with Crippen molar-refractivity contribution < 1.29 is 27.6 Å². The van der Waals surface area contributed by atoms with Gasteiger partial charge in [0, 0.05) is 18.6 Å². The number of alkyl halides is 2. The van der Waals surface area contributed by atoms with E-state index in [9.17, 15) is 8.78 Å². The SMILES string of the molecule is CC1(C)COB(c2ccc3c(c2)OC(F)(F)O3)OC1. The highest BCUT2D eigenvalue weighted by atomic mass is 19.3. The number of rotatable bonds is 1. The fraction of sp³-hybridized carbons (Fsp3) is 0.500. The lowest BCUT2D eigenvalue weighted by molar-refractivity contribution is -0.286. The molecule has 2 aliphatic rings. The van der Waals surface area contributed by atoms with E-state index < -0.39 is 13.4 Å². The van der Waals surface area contributed by atoms with Gasteiger partial charge in [-0.3, -0.25) is 0 Å². The van der Waals surface area contributed by atoms with Crippen LogP contribution >= 0.6 is 0 Å². The van der Waals surface area contributed by atoms with Crippen LogP contribution in [-0.4, -0.2) is 26.6 Å². The van der Waals surface area contributed by atoms with Gasteiger partial charge in [0.1, 0.15) is 0 Å². The highest BCUT2D eigenvalue weighted by Gasteiger charge is 2.44. The number of hydrogen-bond donors (Lipinski definition) is 0. The van der Waals surface area contributed by atoms with E-state index in [1.54, 1.807) is 6.07 Å². The predicted molar refractivity (Wildman–Crippen MR) is 63.7 cm³/mol. The van der Waals surface area contributed by atoms with Gasteiger partial charge in [-0.05, 0) is 17.6 Å². The van der Waals surface area contributed by atoms with Crippen LogP contribution in [0, 0.1) is 5.41 Å². The van der Waals surface area contributed by atoms with Crippen LogP contribution in [0.3, 0.4) is 0 Å². The van der Waals surface area contributed by atoms with Gasteiger partial charge in [-0.15, -0.1) is 8.78 Å². The average molecular weight is 270 g/mol. The lowest BCUT2D eigenvalue weighted by atomic mass is 9.76. The fourth-order valence-electron chi connectivity index (χ4n) is 2.00. The maximum Gasteiger partial charge on any atom is 0.586 e. The van der Waals surface area contributed by atoms with Crippen LogP contribution in [0.4, 0.5) is 8.78 Å². The van der Waals surface area contributed by atoms with Crippen LogP contribution in [0.1, 0.15) is 13.8 Å². The van der Waals surface area contributed by atoms with Crippen LogP contribution in [0.2, 0.25) is 0 Å². The van der Waals surface area contributed by atoms with Crippen molar-refractivity contribution >= 4 is 12.6 Å². The third kappa shape index (κ3) is 2.53. The molecule has 0 atom stereocenters. The van der Waals surface area contributed by atoms with E-state index >= 15 is 0 Å². The molecule has 0 N–H and O–H groups in total. The maximum atomic E-state index is 12.9.